The highest BCUT2D eigenvalue weighted by atomic mass is 16.5. The summed E-state index contributed by atoms with van der Waals surface area (Å²) in [6.45, 7) is 12.3. The normalized spacial score (nSPS) is 29.2. The van der Waals surface area contributed by atoms with Crippen molar-refractivity contribution in [2.75, 3.05) is 32.8 Å². The number of hydrogen-bond donors (Lipinski definition) is 1. The van der Waals surface area contributed by atoms with Crippen molar-refractivity contribution in [1.82, 2.24) is 10.2 Å². The third-order valence-electron chi connectivity index (χ3n) is 4.07. The van der Waals surface area contributed by atoms with E-state index in [1.165, 1.54) is 32.4 Å². The van der Waals surface area contributed by atoms with Crippen LogP contribution >= 0.6 is 0 Å². The molecule has 0 radical (unpaired) electrons. The van der Waals surface area contributed by atoms with Crippen molar-refractivity contribution in [3.63, 3.8) is 0 Å². The summed E-state index contributed by atoms with van der Waals surface area (Å²) in [6.07, 6.45) is 4.00. The highest BCUT2D eigenvalue weighted by Crippen LogP contribution is 2.29. The summed E-state index contributed by atoms with van der Waals surface area (Å²) in [6, 6.07) is 1.54. The molecule has 0 spiro atoms. The number of nitrogens with one attached hydrogen (secondary N) is 1. The maximum absolute atomic E-state index is 5.70. The molecule has 2 aliphatic rings. The van der Waals surface area contributed by atoms with Crippen LogP contribution in [-0.4, -0.2) is 49.8 Å². The van der Waals surface area contributed by atoms with E-state index in [9.17, 15) is 0 Å². The van der Waals surface area contributed by atoms with Gasteiger partial charge in [0.15, 0.2) is 0 Å². The highest BCUT2D eigenvalue weighted by molar-refractivity contribution is 4.89. The number of ether oxygens (including phenoxy) is 1. The van der Waals surface area contributed by atoms with E-state index in [-0.39, 0.29) is 0 Å². The molecule has 2 unspecified atom stereocenters. The van der Waals surface area contributed by atoms with Crippen LogP contribution in [0.4, 0.5) is 0 Å². The third kappa shape index (κ3) is 4.22. The van der Waals surface area contributed by atoms with E-state index >= 15 is 0 Å². The lowest BCUT2D eigenvalue weighted by molar-refractivity contribution is 0.0141. The van der Waals surface area contributed by atoms with E-state index in [2.05, 4.69) is 31.0 Å². The zero-order valence-electron chi connectivity index (χ0n) is 12.3. The summed E-state index contributed by atoms with van der Waals surface area (Å²) in [4.78, 5) is 2.72. The molecule has 0 amide bonds. The van der Waals surface area contributed by atoms with E-state index < -0.39 is 0 Å². The Kier molecular flexibility index (Phi) is 5.46. The average molecular weight is 254 g/mol. The smallest absolute Gasteiger partial charge is 0.0521 e. The van der Waals surface area contributed by atoms with Crippen LogP contribution < -0.4 is 5.32 Å². The van der Waals surface area contributed by atoms with Gasteiger partial charge in [-0.05, 0) is 31.7 Å². The monoisotopic (exact) mass is 254 g/mol. The van der Waals surface area contributed by atoms with Gasteiger partial charge in [0, 0.05) is 37.7 Å². The first kappa shape index (κ1) is 14.3. The van der Waals surface area contributed by atoms with Gasteiger partial charge in [-0.25, -0.2) is 0 Å². The molecule has 2 atom stereocenters. The van der Waals surface area contributed by atoms with Gasteiger partial charge in [-0.1, -0.05) is 20.8 Å². The molecular formula is C15H30N2O. The van der Waals surface area contributed by atoms with Crippen LogP contribution in [0, 0.1) is 11.8 Å². The van der Waals surface area contributed by atoms with Gasteiger partial charge in [-0.15, -0.1) is 0 Å². The van der Waals surface area contributed by atoms with Gasteiger partial charge in [0.1, 0.15) is 0 Å². The zero-order valence-corrected chi connectivity index (χ0v) is 12.3. The molecule has 0 bridgehead atoms. The van der Waals surface area contributed by atoms with Crippen molar-refractivity contribution in [2.45, 2.75) is 52.1 Å². The molecule has 0 aromatic rings. The highest BCUT2D eigenvalue weighted by Gasteiger charge is 2.33. The predicted molar refractivity (Wildman–Crippen MR) is 75.8 cm³/mol. The fourth-order valence-corrected chi connectivity index (χ4v) is 3.09. The number of rotatable bonds is 7. The minimum Gasteiger partial charge on any atom is -0.381 e. The molecule has 1 aliphatic carbocycles. The first-order valence-electron chi connectivity index (χ1n) is 7.75. The second kappa shape index (κ2) is 6.88. The van der Waals surface area contributed by atoms with Crippen LogP contribution in [0.5, 0.6) is 0 Å². The largest absolute Gasteiger partial charge is 0.381 e. The molecule has 0 aromatic heterocycles. The Bertz CT molecular complexity index is 239. The standard InChI is InChI=1S/C15H30N2O/c1-4-16-15-7-8-18-11-13(15)10-17(9-12(2)3)14-5-6-14/h12-16H,4-11H2,1-3H3. The number of nitrogens with zero attached hydrogens (tertiary/aromatic N) is 1. The molecule has 106 valence electrons. The van der Waals surface area contributed by atoms with E-state index in [1.807, 2.05) is 0 Å². The SMILES string of the molecule is CCNC1CCOCC1CN(CC(C)C)C1CC1. The predicted octanol–water partition coefficient (Wildman–Crippen LogP) is 2.12. The van der Waals surface area contributed by atoms with Crippen LogP contribution in [0.15, 0.2) is 0 Å². The molecule has 2 fully saturated rings. The van der Waals surface area contributed by atoms with Crippen LogP contribution in [0.2, 0.25) is 0 Å². The zero-order chi connectivity index (χ0) is 13.0. The second-order valence-corrected chi connectivity index (χ2v) is 6.37. The lowest BCUT2D eigenvalue weighted by atomic mass is 9.94. The van der Waals surface area contributed by atoms with Gasteiger partial charge in [0.25, 0.3) is 0 Å². The van der Waals surface area contributed by atoms with Crippen molar-refractivity contribution < 1.29 is 4.74 Å². The van der Waals surface area contributed by atoms with Crippen LogP contribution in [-0.2, 0) is 4.74 Å². The minimum absolute atomic E-state index is 0.664. The topological polar surface area (TPSA) is 24.5 Å². The summed E-state index contributed by atoms with van der Waals surface area (Å²) in [7, 11) is 0. The summed E-state index contributed by atoms with van der Waals surface area (Å²) in [5.74, 6) is 1.45. The van der Waals surface area contributed by atoms with Gasteiger partial charge in [0.2, 0.25) is 0 Å². The Morgan fingerprint density at radius 2 is 2.06 bits per heavy atom. The summed E-state index contributed by atoms with van der Waals surface area (Å²) in [5, 5.41) is 3.65. The average Bonchev–Trinajstić information content (AvgIpc) is 3.14. The van der Waals surface area contributed by atoms with Crippen molar-refractivity contribution in [3.05, 3.63) is 0 Å². The third-order valence-corrected chi connectivity index (χ3v) is 4.07. The lowest BCUT2D eigenvalue weighted by Crippen LogP contribution is -2.48. The summed E-state index contributed by atoms with van der Waals surface area (Å²) in [5.41, 5.74) is 0. The van der Waals surface area contributed by atoms with E-state index in [1.54, 1.807) is 0 Å². The van der Waals surface area contributed by atoms with Gasteiger partial charge < -0.3 is 10.1 Å². The quantitative estimate of drug-likeness (QED) is 0.753. The molecule has 1 N–H and O–H groups in total. The molecule has 1 aliphatic heterocycles. The van der Waals surface area contributed by atoms with Crippen molar-refractivity contribution >= 4 is 0 Å². The molecule has 1 heterocycles. The van der Waals surface area contributed by atoms with E-state index in [0.717, 1.165) is 31.7 Å². The van der Waals surface area contributed by atoms with Gasteiger partial charge in [-0.3, -0.25) is 4.90 Å². The van der Waals surface area contributed by atoms with Crippen molar-refractivity contribution in [2.24, 2.45) is 11.8 Å². The molecule has 18 heavy (non-hydrogen) atoms. The molecule has 3 nitrogen and oxygen atoms in total. The van der Waals surface area contributed by atoms with Crippen molar-refractivity contribution in [1.29, 1.82) is 0 Å². The van der Waals surface area contributed by atoms with Crippen LogP contribution in [0.1, 0.15) is 40.0 Å². The Morgan fingerprint density at radius 1 is 1.28 bits per heavy atom. The molecule has 1 saturated carbocycles. The van der Waals surface area contributed by atoms with E-state index in [4.69, 9.17) is 4.74 Å². The fourth-order valence-electron chi connectivity index (χ4n) is 3.09. The van der Waals surface area contributed by atoms with Crippen molar-refractivity contribution in [3.8, 4) is 0 Å². The van der Waals surface area contributed by atoms with Gasteiger partial charge >= 0.3 is 0 Å². The minimum atomic E-state index is 0.664. The molecule has 3 heteroatoms. The molecular weight excluding hydrogens is 224 g/mol. The van der Waals surface area contributed by atoms with Gasteiger partial charge in [-0.2, -0.15) is 0 Å². The van der Waals surface area contributed by atoms with E-state index in [0.29, 0.717) is 12.0 Å². The first-order valence-corrected chi connectivity index (χ1v) is 7.75. The number of hydrogen-bond acceptors (Lipinski definition) is 3. The maximum atomic E-state index is 5.70. The Hall–Kier alpha value is -0.120. The Morgan fingerprint density at radius 3 is 2.67 bits per heavy atom. The summed E-state index contributed by atoms with van der Waals surface area (Å²) >= 11 is 0. The Labute approximate surface area is 112 Å². The van der Waals surface area contributed by atoms with Gasteiger partial charge in [0.05, 0.1) is 6.61 Å². The fraction of sp³-hybridized carbons (Fsp3) is 1.00. The lowest BCUT2D eigenvalue weighted by Gasteiger charge is -2.36. The molecule has 0 aromatic carbocycles. The Balaban J connectivity index is 1.86. The molecule has 1 saturated heterocycles. The molecule has 2 rings (SSSR count). The maximum Gasteiger partial charge on any atom is 0.0521 e. The second-order valence-electron chi connectivity index (χ2n) is 6.37. The van der Waals surface area contributed by atoms with Crippen LogP contribution in [0.3, 0.4) is 0 Å². The first-order chi connectivity index (χ1) is 8.70. The van der Waals surface area contributed by atoms with Crippen LogP contribution in [0.25, 0.3) is 0 Å². The summed E-state index contributed by atoms with van der Waals surface area (Å²) < 4.78 is 5.70.